The smallest absolute Gasteiger partial charge is 0.119 e. The molecule has 0 radical (unpaired) electrons. The molecule has 2 aliphatic rings. The van der Waals surface area contributed by atoms with E-state index in [2.05, 4.69) is 0 Å². The summed E-state index contributed by atoms with van der Waals surface area (Å²) in [5.41, 5.74) is 2.05. The van der Waals surface area contributed by atoms with Crippen LogP contribution in [-0.4, -0.2) is 64.7 Å². The molecular formula is C25H30ClFO6. The van der Waals surface area contributed by atoms with Gasteiger partial charge in [0.15, 0.2) is 0 Å². The van der Waals surface area contributed by atoms with E-state index in [-0.39, 0.29) is 12.1 Å². The van der Waals surface area contributed by atoms with Gasteiger partial charge in [0.2, 0.25) is 0 Å². The van der Waals surface area contributed by atoms with Crippen LogP contribution in [0.3, 0.4) is 0 Å². The summed E-state index contributed by atoms with van der Waals surface area (Å²) in [5, 5.41) is 40.5. The largest absolute Gasteiger partial charge is 0.493 e. The van der Waals surface area contributed by atoms with Gasteiger partial charge in [-0.05, 0) is 54.2 Å². The SMILES string of the molecule is OC[C@H]1O[C@@H](c2ccc(Cl)c(Cc3ccc(OCC4(CF)CCC4)cc3)c2)[C@H](O)[C@@H](O)[C@@H]1O. The van der Waals surface area contributed by atoms with Crippen molar-refractivity contribution in [3.8, 4) is 5.75 Å². The van der Waals surface area contributed by atoms with Crippen LogP contribution in [-0.2, 0) is 11.2 Å². The molecule has 4 N–H and O–H groups in total. The quantitative estimate of drug-likeness (QED) is 0.463. The maximum Gasteiger partial charge on any atom is 0.119 e. The third kappa shape index (κ3) is 5.19. The summed E-state index contributed by atoms with van der Waals surface area (Å²) in [6.07, 6.45) is -2.79. The molecule has 0 spiro atoms. The van der Waals surface area contributed by atoms with E-state index < -0.39 is 37.1 Å². The highest BCUT2D eigenvalue weighted by atomic mass is 35.5. The Balaban J connectivity index is 1.45. The summed E-state index contributed by atoms with van der Waals surface area (Å²) in [6.45, 7) is -0.451. The number of benzene rings is 2. The van der Waals surface area contributed by atoms with E-state index in [0.717, 1.165) is 30.4 Å². The molecule has 180 valence electrons. The average molecular weight is 481 g/mol. The zero-order valence-corrected chi connectivity index (χ0v) is 19.0. The molecule has 2 fully saturated rings. The molecular weight excluding hydrogens is 451 g/mol. The minimum Gasteiger partial charge on any atom is -0.493 e. The van der Waals surface area contributed by atoms with Gasteiger partial charge >= 0.3 is 0 Å². The van der Waals surface area contributed by atoms with Crippen molar-refractivity contribution < 1.29 is 34.3 Å². The highest BCUT2D eigenvalue weighted by Crippen LogP contribution is 2.41. The van der Waals surface area contributed by atoms with E-state index in [0.29, 0.717) is 29.4 Å². The van der Waals surface area contributed by atoms with Crippen molar-refractivity contribution in [2.24, 2.45) is 5.41 Å². The first-order valence-corrected chi connectivity index (χ1v) is 11.6. The minimum absolute atomic E-state index is 0.322. The molecule has 5 atom stereocenters. The third-order valence-electron chi connectivity index (χ3n) is 6.85. The average Bonchev–Trinajstić information content (AvgIpc) is 2.80. The molecule has 0 bridgehead atoms. The Labute approximate surface area is 197 Å². The lowest BCUT2D eigenvalue weighted by Gasteiger charge is -2.40. The molecule has 0 unspecified atom stereocenters. The summed E-state index contributed by atoms with van der Waals surface area (Å²) in [6, 6.07) is 12.7. The number of hydrogen-bond donors (Lipinski definition) is 4. The minimum atomic E-state index is -1.44. The number of rotatable bonds is 8. The lowest BCUT2D eigenvalue weighted by Crippen LogP contribution is -2.55. The topological polar surface area (TPSA) is 99.4 Å². The van der Waals surface area contributed by atoms with Crippen molar-refractivity contribution in [3.63, 3.8) is 0 Å². The molecule has 8 heteroatoms. The molecule has 6 nitrogen and oxygen atoms in total. The summed E-state index contributed by atoms with van der Waals surface area (Å²) in [5.74, 6) is 0.694. The van der Waals surface area contributed by atoms with Gasteiger partial charge in [-0.15, -0.1) is 0 Å². The van der Waals surface area contributed by atoms with Gasteiger partial charge in [0, 0.05) is 10.4 Å². The van der Waals surface area contributed by atoms with Crippen molar-refractivity contribution in [2.75, 3.05) is 19.9 Å². The molecule has 1 saturated heterocycles. The number of aliphatic hydroxyl groups is 4. The Morgan fingerprint density at radius 1 is 1.03 bits per heavy atom. The van der Waals surface area contributed by atoms with Gasteiger partial charge in [0.1, 0.15) is 36.3 Å². The Bertz CT molecular complexity index is 927. The second-order valence-corrected chi connectivity index (χ2v) is 9.60. The summed E-state index contributed by atoms with van der Waals surface area (Å²) >= 11 is 6.41. The van der Waals surface area contributed by atoms with Crippen LogP contribution in [0.15, 0.2) is 42.5 Å². The zero-order valence-electron chi connectivity index (χ0n) is 18.2. The standard InChI is InChI=1S/C25H30ClFO6/c26-19-7-4-16(24-23(31)22(30)21(29)20(12-28)33-24)11-17(19)10-15-2-5-18(6-3-15)32-14-25(13-27)8-1-9-25/h2-7,11,20-24,28-31H,1,8-10,12-14H2/t20-,21-,22+,23-,24+/m1/s1. The van der Waals surface area contributed by atoms with E-state index in [4.69, 9.17) is 21.1 Å². The van der Waals surface area contributed by atoms with E-state index >= 15 is 0 Å². The van der Waals surface area contributed by atoms with Crippen LogP contribution in [0.2, 0.25) is 5.02 Å². The fourth-order valence-corrected chi connectivity index (χ4v) is 4.62. The van der Waals surface area contributed by atoms with Crippen molar-refractivity contribution in [2.45, 2.75) is 56.2 Å². The maximum absolute atomic E-state index is 13.3. The van der Waals surface area contributed by atoms with Crippen LogP contribution in [0.4, 0.5) is 4.39 Å². The molecule has 1 aliphatic heterocycles. The second-order valence-electron chi connectivity index (χ2n) is 9.20. The molecule has 1 heterocycles. The van der Waals surface area contributed by atoms with Crippen LogP contribution in [0.25, 0.3) is 0 Å². The van der Waals surface area contributed by atoms with Crippen LogP contribution >= 0.6 is 11.6 Å². The Morgan fingerprint density at radius 3 is 2.36 bits per heavy atom. The Morgan fingerprint density at radius 2 is 1.76 bits per heavy atom. The number of hydrogen-bond acceptors (Lipinski definition) is 6. The predicted molar refractivity (Wildman–Crippen MR) is 121 cm³/mol. The van der Waals surface area contributed by atoms with Gasteiger partial charge in [0.25, 0.3) is 0 Å². The molecule has 33 heavy (non-hydrogen) atoms. The van der Waals surface area contributed by atoms with Crippen LogP contribution < -0.4 is 4.74 Å². The van der Waals surface area contributed by atoms with Gasteiger partial charge in [0.05, 0.1) is 19.9 Å². The van der Waals surface area contributed by atoms with Crippen molar-refractivity contribution in [1.82, 2.24) is 0 Å². The fraction of sp³-hybridized carbons (Fsp3) is 0.520. The predicted octanol–water partition coefficient (Wildman–Crippen LogP) is 2.96. The maximum atomic E-state index is 13.3. The first-order valence-electron chi connectivity index (χ1n) is 11.2. The molecule has 0 amide bonds. The van der Waals surface area contributed by atoms with E-state index in [1.165, 1.54) is 0 Å². The molecule has 0 aromatic heterocycles. The normalized spacial score (nSPS) is 28.8. The molecule has 1 aliphatic carbocycles. The van der Waals surface area contributed by atoms with Crippen LogP contribution in [0, 0.1) is 5.41 Å². The van der Waals surface area contributed by atoms with Crippen LogP contribution in [0.1, 0.15) is 42.1 Å². The molecule has 2 aromatic carbocycles. The lowest BCUT2D eigenvalue weighted by molar-refractivity contribution is -0.231. The van der Waals surface area contributed by atoms with Crippen molar-refractivity contribution >= 4 is 11.6 Å². The Kier molecular flexibility index (Phi) is 7.58. The lowest BCUT2D eigenvalue weighted by atomic mass is 9.70. The molecule has 4 rings (SSSR count). The number of alkyl halides is 1. The van der Waals surface area contributed by atoms with Gasteiger partial charge in [-0.1, -0.05) is 42.3 Å². The van der Waals surface area contributed by atoms with E-state index in [1.807, 2.05) is 24.3 Å². The summed E-state index contributed by atoms with van der Waals surface area (Å²) in [7, 11) is 0. The van der Waals surface area contributed by atoms with E-state index in [1.54, 1.807) is 18.2 Å². The first kappa shape index (κ1) is 24.4. The highest BCUT2D eigenvalue weighted by Gasteiger charge is 2.44. The number of aliphatic hydroxyl groups excluding tert-OH is 4. The van der Waals surface area contributed by atoms with Crippen molar-refractivity contribution in [3.05, 3.63) is 64.2 Å². The van der Waals surface area contributed by atoms with E-state index in [9.17, 15) is 24.8 Å². The fourth-order valence-electron chi connectivity index (χ4n) is 4.44. The molecule has 2 aromatic rings. The Hall–Kier alpha value is -1.74. The van der Waals surface area contributed by atoms with Crippen LogP contribution in [0.5, 0.6) is 5.75 Å². The second kappa shape index (κ2) is 10.3. The van der Waals surface area contributed by atoms with Gasteiger partial charge in [-0.25, -0.2) is 0 Å². The highest BCUT2D eigenvalue weighted by molar-refractivity contribution is 6.31. The zero-order chi connectivity index (χ0) is 23.6. The molecule has 1 saturated carbocycles. The van der Waals surface area contributed by atoms with Gasteiger partial charge in [-0.3, -0.25) is 4.39 Å². The van der Waals surface area contributed by atoms with Gasteiger partial charge < -0.3 is 29.9 Å². The first-order chi connectivity index (χ1) is 15.9. The van der Waals surface area contributed by atoms with Gasteiger partial charge in [-0.2, -0.15) is 0 Å². The summed E-state index contributed by atoms with van der Waals surface area (Å²) in [4.78, 5) is 0. The third-order valence-corrected chi connectivity index (χ3v) is 7.22. The summed E-state index contributed by atoms with van der Waals surface area (Å²) < 4.78 is 24.7. The monoisotopic (exact) mass is 480 g/mol. The number of halogens is 2. The van der Waals surface area contributed by atoms with Crippen molar-refractivity contribution in [1.29, 1.82) is 0 Å². The number of ether oxygens (including phenoxy) is 2.